The van der Waals surface area contributed by atoms with Gasteiger partial charge in [-0.05, 0) is 69.6 Å². The summed E-state index contributed by atoms with van der Waals surface area (Å²) in [4.78, 5) is 15.6. The van der Waals surface area contributed by atoms with Crippen LogP contribution in [0.4, 0.5) is 0 Å². The minimum Gasteiger partial charge on any atom is -0.459 e. The van der Waals surface area contributed by atoms with Gasteiger partial charge < -0.3 is 40.1 Å². The smallest absolute Gasteiger partial charge is 0.309 e. The van der Waals surface area contributed by atoms with Crippen molar-refractivity contribution in [3.8, 4) is 0 Å². The zero-order valence-electron chi connectivity index (χ0n) is 25.6. The molecule has 0 aromatic carbocycles. The maximum absolute atomic E-state index is 13.3. The summed E-state index contributed by atoms with van der Waals surface area (Å²) in [5.41, 5.74) is -5.09. The first-order valence-corrected chi connectivity index (χ1v) is 16.4. The first kappa shape index (κ1) is 29.8. The highest BCUT2D eigenvalue weighted by molar-refractivity contribution is 5.72. The number of nitrogens with zero attached hydrogens (tertiary/aromatic N) is 1. The Morgan fingerprint density at radius 1 is 1.10 bits per heavy atom. The van der Waals surface area contributed by atoms with E-state index < -0.39 is 88.0 Å². The molecular formula is C32H51NO9. The van der Waals surface area contributed by atoms with Crippen molar-refractivity contribution in [1.29, 1.82) is 0 Å². The van der Waals surface area contributed by atoms with Gasteiger partial charge >= 0.3 is 5.97 Å². The Labute approximate surface area is 248 Å². The third-order valence-electron chi connectivity index (χ3n) is 14.1. The summed E-state index contributed by atoms with van der Waals surface area (Å²) >= 11 is 0. The lowest BCUT2D eigenvalue weighted by Crippen LogP contribution is -2.77. The minimum atomic E-state index is -1.90. The molecule has 7 fully saturated rings. The van der Waals surface area contributed by atoms with Crippen molar-refractivity contribution in [2.24, 2.45) is 46.8 Å². The molecule has 2 unspecified atom stereocenters. The van der Waals surface area contributed by atoms with Crippen LogP contribution < -0.4 is 0 Å². The summed E-state index contributed by atoms with van der Waals surface area (Å²) in [7, 11) is 0. The van der Waals surface area contributed by atoms with Gasteiger partial charge in [0.15, 0.2) is 5.79 Å². The molecule has 0 radical (unpaired) electrons. The Hall–Kier alpha value is -0.850. The summed E-state index contributed by atoms with van der Waals surface area (Å²) in [5.74, 6) is -5.44. The van der Waals surface area contributed by atoms with E-state index in [1.807, 2.05) is 13.8 Å². The quantitative estimate of drug-likeness (QED) is 0.258. The fourth-order valence-corrected chi connectivity index (χ4v) is 11.9. The van der Waals surface area contributed by atoms with Crippen LogP contribution in [0, 0.1) is 46.8 Å². The SMILES string of the molecule is CCC(C)C(=O)O[C@@H]1[C@H]2[C@@H](CN3C[C@@H](C)CC[C@H]3C2(C)O)[C@@H]2C[C@@]34O[C@@]5(O)[C@@H](C[C@@H](O)[C@H]3[C@]2(O)[C@H]1O)[C@]4(C)CC[C@@H]5O. The van der Waals surface area contributed by atoms with Gasteiger partial charge in [0, 0.05) is 42.3 Å². The predicted octanol–water partition coefficient (Wildman–Crippen LogP) is 0.783. The van der Waals surface area contributed by atoms with Gasteiger partial charge in [-0.15, -0.1) is 0 Å². The third-order valence-corrected chi connectivity index (χ3v) is 14.1. The minimum absolute atomic E-state index is 0.118. The normalized spacial score (nSPS) is 60.6. The third kappa shape index (κ3) is 3.36. The molecule has 3 saturated heterocycles. The molecule has 0 amide bonds. The van der Waals surface area contributed by atoms with E-state index in [-0.39, 0.29) is 24.8 Å². The number of hydrogen-bond donors (Lipinski definition) is 6. The first-order valence-electron chi connectivity index (χ1n) is 16.4. The van der Waals surface area contributed by atoms with Gasteiger partial charge in [0.25, 0.3) is 0 Å². The molecule has 10 nitrogen and oxygen atoms in total. The second kappa shape index (κ2) is 9.12. The van der Waals surface area contributed by atoms with Crippen LogP contribution in [0.3, 0.4) is 0 Å². The van der Waals surface area contributed by atoms with E-state index in [1.54, 1.807) is 13.8 Å². The molecule has 17 atom stereocenters. The number of fused-ring (bicyclic) bond motifs is 5. The number of hydrogen-bond acceptors (Lipinski definition) is 10. The Balaban J connectivity index is 1.38. The highest BCUT2D eigenvalue weighted by Crippen LogP contribution is 2.77. The van der Waals surface area contributed by atoms with E-state index in [2.05, 4.69) is 11.8 Å². The van der Waals surface area contributed by atoms with Gasteiger partial charge in [0.2, 0.25) is 0 Å². The molecule has 1 spiro atoms. The lowest BCUT2D eigenvalue weighted by atomic mass is 9.49. The number of ether oxygens (including phenoxy) is 2. The van der Waals surface area contributed by atoms with Crippen LogP contribution in [0.15, 0.2) is 0 Å². The van der Waals surface area contributed by atoms with Crippen molar-refractivity contribution < 1.29 is 44.9 Å². The number of carbonyl (C=O) groups excluding carboxylic acids is 1. The number of carbonyl (C=O) groups is 1. The Bertz CT molecular complexity index is 1140. The predicted molar refractivity (Wildman–Crippen MR) is 149 cm³/mol. The molecule has 10 heteroatoms. The van der Waals surface area contributed by atoms with Crippen LogP contribution in [-0.2, 0) is 14.3 Å². The molecule has 238 valence electrons. The van der Waals surface area contributed by atoms with E-state index >= 15 is 0 Å². The molecule has 7 rings (SSSR count). The van der Waals surface area contributed by atoms with Gasteiger partial charge in [-0.3, -0.25) is 9.69 Å². The van der Waals surface area contributed by atoms with Crippen LogP contribution in [0.5, 0.6) is 0 Å². The molecule has 3 aliphatic heterocycles. The average molecular weight is 594 g/mol. The van der Waals surface area contributed by atoms with Crippen LogP contribution in [0.1, 0.15) is 79.6 Å². The fourth-order valence-electron chi connectivity index (χ4n) is 11.9. The topological polar surface area (TPSA) is 160 Å². The second-order valence-corrected chi connectivity index (χ2v) is 16.0. The summed E-state index contributed by atoms with van der Waals surface area (Å²) in [6.07, 6.45) is -1.43. The van der Waals surface area contributed by atoms with E-state index in [4.69, 9.17) is 9.47 Å². The summed E-state index contributed by atoms with van der Waals surface area (Å²) < 4.78 is 12.8. The summed E-state index contributed by atoms with van der Waals surface area (Å²) in [6.45, 7) is 11.0. The Kier molecular flexibility index (Phi) is 6.48. The zero-order valence-corrected chi connectivity index (χ0v) is 25.6. The van der Waals surface area contributed by atoms with Crippen LogP contribution in [-0.4, -0.2) is 108 Å². The molecule has 7 aliphatic rings. The van der Waals surface area contributed by atoms with Gasteiger partial charge in [-0.2, -0.15) is 0 Å². The maximum atomic E-state index is 13.3. The van der Waals surface area contributed by atoms with Crippen LogP contribution in [0.25, 0.3) is 0 Å². The summed E-state index contributed by atoms with van der Waals surface area (Å²) in [5, 5.41) is 72.1. The van der Waals surface area contributed by atoms with Crippen molar-refractivity contribution in [3.63, 3.8) is 0 Å². The van der Waals surface area contributed by atoms with E-state index in [0.29, 0.717) is 31.7 Å². The molecule has 42 heavy (non-hydrogen) atoms. The molecule has 4 saturated carbocycles. The zero-order chi connectivity index (χ0) is 30.4. The van der Waals surface area contributed by atoms with Gasteiger partial charge in [-0.1, -0.05) is 27.7 Å². The van der Waals surface area contributed by atoms with E-state index in [9.17, 15) is 35.4 Å². The Morgan fingerprint density at radius 3 is 2.50 bits per heavy atom. The number of aliphatic hydroxyl groups is 6. The van der Waals surface area contributed by atoms with Crippen molar-refractivity contribution in [2.75, 3.05) is 13.1 Å². The molecule has 0 aromatic rings. The highest BCUT2D eigenvalue weighted by atomic mass is 16.7. The molecule has 3 heterocycles. The number of aliphatic hydroxyl groups excluding tert-OH is 3. The fraction of sp³-hybridized carbons (Fsp3) is 0.969. The van der Waals surface area contributed by atoms with Gasteiger partial charge in [-0.25, -0.2) is 0 Å². The lowest BCUT2D eigenvalue weighted by Gasteiger charge is -2.64. The van der Waals surface area contributed by atoms with Crippen LogP contribution in [0.2, 0.25) is 0 Å². The van der Waals surface area contributed by atoms with Crippen molar-refractivity contribution in [2.45, 2.75) is 133 Å². The number of piperidine rings is 2. The monoisotopic (exact) mass is 593 g/mol. The standard InChI is InChI=1S/C32H51NO9/c1-6-16(3)27(37)41-24-23-17(14-33-13-15(2)7-8-21(33)29(23,5)38)18-12-30-25(31(18,39)26(24)36)19(34)11-20-28(30,4)10-9-22(35)32(20,40)42-30/h15-26,34-36,38-40H,6-14H2,1-5H3/t15-,16?,17-,18-,19+,20-,21-,22-,23+,24+,25+,26-,28-,29?,30+,31-,32-/m0/s1. The van der Waals surface area contributed by atoms with Gasteiger partial charge in [0.05, 0.1) is 23.2 Å². The highest BCUT2D eigenvalue weighted by Gasteiger charge is 2.86. The van der Waals surface area contributed by atoms with Gasteiger partial charge in [0.1, 0.15) is 23.9 Å². The molecular weight excluding hydrogens is 542 g/mol. The molecule has 4 bridgehead atoms. The average Bonchev–Trinajstić information content (AvgIpc) is 3.21. The molecule has 6 N–H and O–H groups in total. The number of rotatable bonds is 3. The van der Waals surface area contributed by atoms with E-state index in [0.717, 1.165) is 19.4 Å². The molecule has 4 aliphatic carbocycles. The lowest BCUT2D eigenvalue weighted by molar-refractivity contribution is -0.297. The second-order valence-electron chi connectivity index (χ2n) is 16.0. The van der Waals surface area contributed by atoms with Crippen LogP contribution >= 0.6 is 0 Å². The van der Waals surface area contributed by atoms with Crippen molar-refractivity contribution >= 4 is 5.97 Å². The molecule has 0 aromatic heterocycles. The van der Waals surface area contributed by atoms with Crippen molar-refractivity contribution in [1.82, 2.24) is 4.90 Å². The largest absolute Gasteiger partial charge is 0.459 e. The van der Waals surface area contributed by atoms with E-state index in [1.165, 1.54) is 0 Å². The van der Waals surface area contributed by atoms with Crippen molar-refractivity contribution in [3.05, 3.63) is 0 Å². The Morgan fingerprint density at radius 2 is 1.81 bits per heavy atom. The summed E-state index contributed by atoms with van der Waals surface area (Å²) in [6, 6.07) is -0.176. The first-order chi connectivity index (χ1) is 19.6. The number of esters is 1. The maximum Gasteiger partial charge on any atom is 0.309 e.